The minimum Gasteiger partial charge on any atom is -0.327 e. The standard InChI is InChI=1S/C30H17Cl2F5N6O2/c31-21-3-1-15(33)10-20(21)25-24-22(40-28(44)13-7-14(30(35,36)37)9-16(34)8-13)11-19(17-5-6-42(26(17)24)29(45)41-25)18-2-4-23-38-12-39-43(23)27(18)32/h1-4,7-12,25H,5-6H2,(H,40,44)(H,41,45). The number of rotatable bonds is 4. The van der Waals surface area contributed by atoms with E-state index in [1.54, 1.807) is 18.2 Å². The van der Waals surface area contributed by atoms with Gasteiger partial charge in [0.05, 0.1) is 17.3 Å². The lowest BCUT2D eigenvalue weighted by Crippen LogP contribution is -2.46. The topological polar surface area (TPSA) is 91.6 Å². The molecule has 3 amide bonds. The number of benzene rings is 3. The average Bonchev–Trinajstić information content (AvgIpc) is 3.65. The molecular weight excluding hydrogens is 642 g/mol. The van der Waals surface area contributed by atoms with Crippen LogP contribution >= 0.6 is 23.2 Å². The molecule has 45 heavy (non-hydrogen) atoms. The molecule has 0 fully saturated rings. The number of halogens is 7. The van der Waals surface area contributed by atoms with Crippen molar-refractivity contribution in [3.8, 4) is 11.1 Å². The molecule has 1 unspecified atom stereocenters. The van der Waals surface area contributed by atoms with E-state index in [0.29, 0.717) is 52.1 Å². The second-order valence-electron chi connectivity index (χ2n) is 10.4. The molecule has 3 aromatic carbocycles. The zero-order valence-corrected chi connectivity index (χ0v) is 24.0. The molecule has 0 spiro atoms. The van der Waals surface area contributed by atoms with Crippen LogP contribution in [0.4, 0.5) is 38.1 Å². The van der Waals surface area contributed by atoms with Crippen molar-refractivity contribution in [3.05, 3.63) is 111 Å². The number of hydrogen-bond acceptors (Lipinski definition) is 4. The molecular formula is C30H17Cl2F5N6O2. The third-order valence-corrected chi connectivity index (χ3v) is 8.49. The lowest BCUT2D eigenvalue weighted by atomic mass is 9.87. The van der Waals surface area contributed by atoms with Crippen LogP contribution in [0.25, 0.3) is 16.8 Å². The Morgan fingerprint density at radius 2 is 1.80 bits per heavy atom. The third kappa shape index (κ3) is 4.82. The maximum Gasteiger partial charge on any atom is 0.416 e. The second-order valence-corrected chi connectivity index (χ2v) is 11.2. The highest BCUT2D eigenvalue weighted by atomic mass is 35.5. The summed E-state index contributed by atoms with van der Waals surface area (Å²) in [6.45, 7) is 0.240. The lowest BCUT2D eigenvalue weighted by Gasteiger charge is -2.35. The van der Waals surface area contributed by atoms with Gasteiger partial charge in [0.2, 0.25) is 0 Å². The van der Waals surface area contributed by atoms with Gasteiger partial charge in [-0.05, 0) is 72.1 Å². The monoisotopic (exact) mass is 658 g/mol. The van der Waals surface area contributed by atoms with Crippen molar-refractivity contribution in [1.29, 1.82) is 0 Å². The van der Waals surface area contributed by atoms with E-state index < -0.39 is 46.9 Å². The van der Waals surface area contributed by atoms with Crippen molar-refractivity contribution in [2.45, 2.75) is 18.6 Å². The summed E-state index contributed by atoms with van der Waals surface area (Å²) in [6.07, 6.45) is -3.23. The second kappa shape index (κ2) is 10.4. The molecule has 15 heteroatoms. The molecule has 0 radical (unpaired) electrons. The summed E-state index contributed by atoms with van der Waals surface area (Å²) in [5.41, 5.74) is 1.04. The summed E-state index contributed by atoms with van der Waals surface area (Å²) in [6, 6.07) is 8.40. The van der Waals surface area contributed by atoms with E-state index in [1.165, 1.54) is 21.8 Å². The Balaban J connectivity index is 1.47. The maximum absolute atomic E-state index is 14.5. The number of aromatic nitrogens is 3. The minimum atomic E-state index is -4.91. The van der Waals surface area contributed by atoms with Gasteiger partial charge in [0.25, 0.3) is 5.91 Å². The number of fused-ring (bicyclic) bond motifs is 1. The number of pyridine rings is 1. The number of anilines is 2. The van der Waals surface area contributed by atoms with Gasteiger partial charge < -0.3 is 10.6 Å². The fourth-order valence-electron chi connectivity index (χ4n) is 5.84. The number of carbonyl (C=O) groups excluding carboxylic acids is 2. The fraction of sp³-hybridized carbons (Fsp3) is 0.133. The van der Waals surface area contributed by atoms with Gasteiger partial charge in [-0.1, -0.05) is 23.2 Å². The first-order chi connectivity index (χ1) is 21.4. The predicted molar refractivity (Wildman–Crippen MR) is 156 cm³/mol. The largest absolute Gasteiger partial charge is 0.416 e. The van der Waals surface area contributed by atoms with Crippen LogP contribution in [0.1, 0.15) is 38.7 Å². The van der Waals surface area contributed by atoms with Crippen molar-refractivity contribution >= 4 is 52.2 Å². The third-order valence-electron chi connectivity index (χ3n) is 7.78. The number of nitrogens with zero attached hydrogens (tertiary/aromatic N) is 4. The number of urea groups is 1. The summed E-state index contributed by atoms with van der Waals surface area (Å²) in [7, 11) is 0. The molecule has 8 nitrogen and oxygen atoms in total. The van der Waals surface area contributed by atoms with Crippen LogP contribution in [0.2, 0.25) is 10.2 Å². The number of nitrogens with one attached hydrogen (secondary N) is 2. The predicted octanol–water partition coefficient (Wildman–Crippen LogP) is 7.43. The van der Waals surface area contributed by atoms with Gasteiger partial charge in [0.1, 0.15) is 23.1 Å². The molecule has 2 aliphatic rings. The molecule has 0 bridgehead atoms. The molecule has 1 atom stereocenters. The summed E-state index contributed by atoms with van der Waals surface area (Å²) in [5.74, 6) is -2.97. The lowest BCUT2D eigenvalue weighted by molar-refractivity contribution is -0.137. The number of hydrogen-bond donors (Lipinski definition) is 2. The Morgan fingerprint density at radius 3 is 2.58 bits per heavy atom. The van der Waals surface area contributed by atoms with Crippen LogP contribution in [-0.4, -0.2) is 33.1 Å². The van der Waals surface area contributed by atoms with Crippen molar-refractivity contribution in [2.75, 3.05) is 16.8 Å². The summed E-state index contributed by atoms with van der Waals surface area (Å²) >= 11 is 13.2. The molecule has 0 saturated carbocycles. The van der Waals surface area contributed by atoms with Crippen LogP contribution in [0.15, 0.2) is 60.9 Å². The molecule has 4 heterocycles. The normalized spacial score (nSPS) is 15.8. The smallest absolute Gasteiger partial charge is 0.327 e. The Bertz CT molecular complexity index is 2080. The molecule has 5 aromatic rings. The van der Waals surface area contributed by atoms with Gasteiger partial charge in [-0.15, -0.1) is 0 Å². The van der Waals surface area contributed by atoms with E-state index in [0.717, 1.165) is 12.1 Å². The average molecular weight is 659 g/mol. The molecule has 2 aliphatic heterocycles. The number of alkyl halides is 3. The minimum absolute atomic E-state index is 0.0403. The fourth-order valence-corrected chi connectivity index (χ4v) is 6.36. The first-order valence-corrected chi connectivity index (χ1v) is 14.1. The van der Waals surface area contributed by atoms with Crippen LogP contribution < -0.4 is 15.5 Å². The van der Waals surface area contributed by atoms with Crippen molar-refractivity contribution in [1.82, 2.24) is 19.9 Å². The SMILES string of the molecule is O=C(Nc1cc(-c2ccc3ncnn3c2Cl)c2c3c1C(c1cc(F)ccc1Cl)NC(=O)N3CC2)c1cc(F)cc(C(F)(F)F)c1. The van der Waals surface area contributed by atoms with E-state index in [4.69, 9.17) is 23.2 Å². The van der Waals surface area contributed by atoms with E-state index in [-0.39, 0.29) is 34.0 Å². The van der Waals surface area contributed by atoms with E-state index in [2.05, 4.69) is 20.7 Å². The molecule has 0 saturated heterocycles. The van der Waals surface area contributed by atoms with Crippen LogP contribution in [0.3, 0.4) is 0 Å². The maximum atomic E-state index is 14.5. The summed E-state index contributed by atoms with van der Waals surface area (Å²) in [4.78, 5) is 32.5. The molecule has 7 rings (SSSR count). The Labute approximate surface area is 260 Å². The Kier molecular flexibility index (Phi) is 6.71. The van der Waals surface area contributed by atoms with Gasteiger partial charge in [-0.2, -0.15) is 18.3 Å². The zero-order chi connectivity index (χ0) is 31.8. The van der Waals surface area contributed by atoms with Gasteiger partial charge in [-0.3, -0.25) is 9.69 Å². The Morgan fingerprint density at radius 1 is 1.00 bits per heavy atom. The highest BCUT2D eigenvalue weighted by molar-refractivity contribution is 6.32. The van der Waals surface area contributed by atoms with Crippen molar-refractivity contribution in [3.63, 3.8) is 0 Å². The van der Waals surface area contributed by atoms with E-state index >= 15 is 0 Å². The van der Waals surface area contributed by atoms with Gasteiger partial charge in [0.15, 0.2) is 5.65 Å². The van der Waals surface area contributed by atoms with Crippen LogP contribution in [-0.2, 0) is 12.6 Å². The molecule has 2 aromatic heterocycles. The zero-order valence-electron chi connectivity index (χ0n) is 22.5. The van der Waals surface area contributed by atoms with Crippen molar-refractivity contribution in [2.24, 2.45) is 0 Å². The van der Waals surface area contributed by atoms with Gasteiger partial charge in [-0.25, -0.2) is 23.1 Å². The number of amides is 3. The van der Waals surface area contributed by atoms with Crippen LogP contribution in [0, 0.1) is 11.6 Å². The molecule has 0 aliphatic carbocycles. The molecule has 2 N–H and O–H groups in total. The summed E-state index contributed by atoms with van der Waals surface area (Å²) in [5, 5.41) is 9.83. The van der Waals surface area contributed by atoms with E-state index in [9.17, 15) is 31.5 Å². The quantitative estimate of drug-likeness (QED) is 0.155. The Hall–Kier alpha value is -4.75. The van der Waals surface area contributed by atoms with Crippen molar-refractivity contribution < 1.29 is 31.5 Å². The van der Waals surface area contributed by atoms with Gasteiger partial charge >= 0.3 is 12.2 Å². The van der Waals surface area contributed by atoms with Gasteiger partial charge in [0, 0.05) is 39.5 Å². The van der Waals surface area contributed by atoms with Crippen LogP contribution in [0.5, 0.6) is 0 Å². The first-order valence-electron chi connectivity index (χ1n) is 13.3. The number of carbonyl (C=O) groups is 2. The highest BCUT2D eigenvalue weighted by Crippen LogP contribution is 2.50. The van der Waals surface area contributed by atoms with E-state index in [1.807, 2.05) is 0 Å². The first kappa shape index (κ1) is 29.0. The highest BCUT2D eigenvalue weighted by Gasteiger charge is 2.41. The molecule has 228 valence electrons. The summed E-state index contributed by atoms with van der Waals surface area (Å²) < 4.78 is 70.5.